The molecule has 1 aliphatic rings. The number of hydrogen-bond acceptors (Lipinski definition) is 6. The third-order valence-electron chi connectivity index (χ3n) is 1.67. The monoisotopic (exact) mass is 220 g/mol. The first-order valence-electron chi connectivity index (χ1n) is 3.29. The minimum Gasteiger partial charge on any atom is -0.475 e. The standard InChI is InChI=1S/C5H4N2O6S/c8-4(9)5(7(12)13)1-3(2-14-5)6(10)11/h2H,1H2,(H,8,9). The van der Waals surface area contributed by atoms with Crippen molar-refractivity contribution in [3.05, 3.63) is 31.3 Å². The average molecular weight is 220 g/mol. The van der Waals surface area contributed by atoms with Gasteiger partial charge in [0.15, 0.2) is 0 Å². The summed E-state index contributed by atoms with van der Waals surface area (Å²) in [5.41, 5.74) is -0.450. The highest BCUT2D eigenvalue weighted by Crippen LogP contribution is 2.41. The van der Waals surface area contributed by atoms with Crippen LogP contribution in [-0.4, -0.2) is 25.8 Å². The van der Waals surface area contributed by atoms with Crippen LogP contribution in [0.5, 0.6) is 0 Å². The predicted octanol–water partition coefficient (Wildman–Crippen LogP) is 0.299. The molecule has 9 heteroatoms. The van der Waals surface area contributed by atoms with Gasteiger partial charge in [-0.2, -0.15) is 0 Å². The summed E-state index contributed by atoms with van der Waals surface area (Å²) in [6.07, 6.45) is -0.701. The van der Waals surface area contributed by atoms with Crippen LogP contribution in [0, 0.1) is 20.2 Å². The van der Waals surface area contributed by atoms with Crippen molar-refractivity contribution < 1.29 is 19.7 Å². The van der Waals surface area contributed by atoms with Gasteiger partial charge < -0.3 is 5.11 Å². The number of hydrogen-bond donors (Lipinski definition) is 1. The lowest BCUT2D eigenvalue weighted by Gasteiger charge is -2.11. The Kier molecular flexibility index (Phi) is 2.43. The fourth-order valence-electron chi connectivity index (χ4n) is 0.914. The van der Waals surface area contributed by atoms with E-state index in [4.69, 9.17) is 5.11 Å². The fourth-order valence-corrected chi connectivity index (χ4v) is 1.83. The number of thioether (sulfide) groups is 1. The highest BCUT2D eigenvalue weighted by molar-refractivity contribution is 8.04. The summed E-state index contributed by atoms with van der Waals surface area (Å²) in [6.45, 7) is 0. The number of rotatable bonds is 3. The largest absolute Gasteiger partial charge is 0.475 e. The quantitative estimate of drug-likeness (QED) is 0.535. The van der Waals surface area contributed by atoms with Gasteiger partial charge >= 0.3 is 10.8 Å². The molecule has 0 aromatic heterocycles. The number of nitro groups is 2. The van der Waals surface area contributed by atoms with Crippen LogP contribution in [-0.2, 0) is 4.79 Å². The van der Waals surface area contributed by atoms with E-state index in [0.717, 1.165) is 5.41 Å². The predicted molar refractivity (Wildman–Crippen MR) is 44.6 cm³/mol. The zero-order chi connectivity index (χ0) is 10.9. The van der Waals surface area contributed by atoms with Gasteiger partial charge in [0.25, 0.3) is 5.70 Å². The van der Waals surface area contributed by atoms with Crippen molar-refractivity contribution >= 4 is 17.7 Å². The van der Waals surface area contributed by atoms with E-state index in [9.17, 15) is 25.0 Å². The van der Waals surface area contributed by atoms with Gasteiger partial charge in [-0.15, -0.1) is 0 Å². The van der Waals surface area contributed by atoms with Crippen molar-refractivity contribution in [2.45, 2.75) is 11.3 Å². The van der Waals surface area contributed by atoms with Crippen LogP contribution in [0.25, 0.3) is 0 Å². The minimum atomic E-state index is -2.33. The Morgan fingerprint density at radius 2 is 2.14 bits per heavy atom. The maximum Gasteiger partial charge on any atom is 0.394 e. The maximum atomic E-state index is 10.6. The molecule has 1 N–H and O–H groups in total. The normalized spacial score (nSPS) is 25.6. The molecule has 1 unspecified atom stereocenters. The first kappa shape index (κ1) is 10.4. The van der Waals surface area contributed by atoms with Gasteiger partial charge in [0.05, 0.1) is 15.3 Å². The zero-order valence-corrected chi connectivity index (χ0v) is 7.39. The molecule has 0 spiro atoms. The van der Waals surface area contributed by atoms with Gasteiger partial charge in [-0.3, -0.25) is 20.2 Å². The molecule has 8 nitrogen and oxygen atoms in total. The second-order valence-electron chi connectivity index (χ2n) is 2.51. The fraction of sp³-hybridized carbons (Fsp3) is 0.400. The molecule has 0 saturated carbocycles. The topological polar surface area (TPSA) is 124 Å². The molecule has 0 aromatic carbocycles. The summed E-state index contributed by atoms with van der Waals surface area (Å²) in [4.78, 5) is 27.2. The molecule has 76 valence electrons. The Morgan fingerprint density at radius 3 is 2.36 bits per heavy atom. The third-order valence-corrected chi connectivity index (χ3v) is 2.92. The SMILES string of the molecule is O=C(O)C1([N+](=O)[O-])CC([N+](=O)[O-])=CS1. The van der Waals surface area contributed by atoms with E-state index in [-0.39, 0.29) is 0 Å². The van der Waals surface area contributed by atoms with Crippen LogP contribution < -0.4 is 0 Å². The number of carbonyl (C=O) groups is 1. The van der Waals surface area contributed by atoms with Crippen LogP contribution in [0.2, 0.25) is 0 Å². The van der Waals surface area contributed by atoms with E-state index in [1.807, 2.05) is 0 Å². The van der Waals surface area contributed by atoms with E-state index in [2.05, 4.69) is 0 Å². The summed E-state index contributed by atoms with van der Waals surface area (Å²) >= 11 is 0.340. The Balaban J connectivity index is 2.96. The summed E-state index contributed by atoms with van der Waals surface area (Å²) < 4.78 is 0. The average Bonchev–Trinajstić information content (AvgIpc) is 2.48. The molecule has 14 heavy (non-hydrogen) atoms. The Bertz CT molecular complexity index is 336. The zero-order valence-electron chi connectivity index (χ0n) is 6.58. The van der Waals surface area contributed by atoms with Gasteiger partial charge in [-0.1, -0.05) is 0 Å². The molecule has 0 aromatic rings. The lowest BCUT2D eigenvalue weighted by molar-refractivity contribution is -0.530. The van der Waals surface area contributed by atoms with Crippen molar-refractivity contribution in [3.63, 3.8) is 0 Å². The number of nitrogens with zero attached hydrogens (tertiary/aromatic N) is 2. The Labute approximate surface area is 80.9 Å². The van der Waals surface area contributed by atoms with Crippen LogP contribution in [0.15, 0.2) is 11.1 Å². The Hall–Kier alpha value is -1.64. The van der Waals surface area contributed by atoms with E-state index >= 15 is 0 Å². The van der Waals surface area contributed by atoms with Gasteiger partial charge in [0, 0.05) is 0 Å². The number of carboxylic acids is 1. The molecule has 1 aliphatic heterocycles. The Morgan fingerprint density at radius 1 is 1.57 bits per heavy atom. The van der Waals surface area contributed by atoms with Crippen molar-refractivity contribution in [1.29, 1.82) is 0 Å². The minimum absolute atomic E-state index is 0.340. The lowest BCUT2D eigenvalue weighted by Crippen LogP contribution is -2.41. The summed E-state index contributed by atoms with van der Waals surface area (Å²) in [7, 11) is 0. The van der Waals surface area contributed by atoms with E-state index < -0.39 is 32.8 Å². The molecule has 0 radical (unpaired) electrons. The number of carboxylic acid groups (broad SMARTS) is 1. The molecular formula is C5H4N2O6S. The summed E-state index contributed by atoms with van der Waals surface area (Å²) in [5.74, 6) is -1.68. The van der Waals surface area contributed by atoms with Crippen molar-refractivity contribution in [2.24, 2.45) is 0 Å². The van der Waals surface area contributed by atoms with Crippen molar-refractivity contribution in [1.82, 2.24) is 0 Å². The van der Waals surface area contributed by atoms with Crippen LogP contribution in [0.1, 0.15) is 6.42 Å². The molecule has 0 amide bonds. The van der Waals surface area contributed by atoms with E-state index in [1.165, 1.54) is 0 Å². The first-order valence-corrected chi connectivity index (χ1v) is 4.17. The second-order valence-corrected chi connectivity index (χ2v) is 3.65. The van der Waals surface area contributed by atoms with E-state index in [0.29, 0.717) is 11.8 Å². The highest BCUT2D eigenvalue weighted by Gasteiger charge is 2.58. The van der Waals surface area contributed by atoms with Gasteiger partial charge in [-0.25, -0.2) is 4.79 Å². The highest BCUT2D eigenvalue weighted by atomic mass is 32.2. The van der Waals surface area contributed by atoms with Crippen LogP contribution in [0.4, 0.5) is 0 Å². The smallest absolute Gasteiger partial charge is 0.394 e. The second kappa shape index (κ2) is 3.25. The molecular weight excluding hydrogens is 216 g/mol. The maximum absolute atomic E-state index is 10.6. The van der Waals surface area contributed by atoms with Crippen molar-refractivity contribution in [3.8, 4) is 0 Å². The molecule has 0 aliphatic carbocycles. The van der Waals surface area contributed by atoms with Gasteiger partial charge in [-0.05, 0) is 11.8 Å². The molecule has 0 bridgehead atoms. The summed E-state index contributed by atoms with van der Waals surface area (Å²) in [6, 6.07) is 0. The summed E-state index contributed by atoms with van der Waals surface area (Å²) in [5, 5.41) is 30.2. The van der Waals surface area contributed by atoms with Gasteiger partial charge in [0.1, 0.15) is 6.42 Å². The van der Waals surface area contributed by atoms with Crippen molar-refractivity contribution in [2.75, 3.05) is 0 Å². The lowest BCUT2D eigenvalue weighted by atomic mass is 10.2. The molecule has 1 heterocycles. The number of aliphatic carboxylic acids is 1. The molecule has 0 fully saturated rings. The third kappa shape index (κ3) is 1.41. The molecule has 0 saturated heterocycles. The van der Waals surface area contributed by atoms with Crippen LogP contribution in [0.3, 0.4) is 0 Å². The van der Waals surface area contributed by atoms with Gasteiger partial charge in [0.2, 0.25) is 0 Å². The van der Waals surface area contributed by atoms with Crippen LogP contribution >= 0.6 is 11.8 Å². The first-order chi connectivity index (χ1) is 6.40. The molecule has 1 rings (SSSR count). The van der Waals surface area contributed by atoms with E-state index in [1.54, 1.807) is 0 Å². The molecule has 1 atom stereocenters.